The summed E-state index contributed by atoms with van der Waals surface area (Å²) in [6, 6.07) is 5.72. The highest BCUT2D eigenvalue weighted by Crippen LogP contribution is 1.73. The zero-order chi connectivity index (χ0) is 9.23. The van der Waals surface area contributed by atoms with Crippen LogP contribution in [-0.4, -0.2) is 17.4 Å². The van der Waals surface area contributed by atoms with Crippen LogP contribution in [0.15, 0.2) is 30.6 Å². The topological polar surface area (TPSA) is 42.0 Å². The van der Waals surface area contributed by atoms with E-state index >= 15 is 0 Å². The molecule has 0 saturated carbocycles. The Kier molecular flexibility index (Phi) is 6.84. The summed E-state index contributed by atoms with van der Waals surface area (Å²) in [4.78, 5) is 13.7. The first kappa shape index (κ1) is 10.6. The minimum atomic E-state index is 0.0394. The smallest absolute Gasteiger partial charge is 0.216 e. The molecule has 3 heteroatoms. The van der Waals surface area contributed by atoms with E-state index in [9.17, 15) is 4.79 Å². The molecule has 66 valence electrons. The van der Waals surface area contributed by atoms with Crippen molar-refractivity contribution in [2.75, 3.05) is 6.54 Å². The van der Waals surface area contributed by atoms with Crippen molar-refractivity contribution in [3.8, 4) is 0 Å². The maximum absolute atomic E-state index is 9.93. The first-order valence-corrected chi connectivity index (χ1v) is 3.86. The highest BCUT2D eigenvalue weighted by atomic mass is 16.1. The highest BCUT2D eigenvalue weighted by Gasteiger charge is 1.78. The lowest BCUT2D eigenvalue weighted by atomic mass is 10.5. The quantitative estimate of drug-likeness (QED) is 0.681. The van der Waals surface area contributed by atoms with Crippen LogP contribution in [-0.2, 0) is 4.79 Å². The van der Waals surface area contributed by atoms with Gasteiger partial charge in [0.1, 0.15) is 0 Å². The molecular weight excluding hydrogens is 152 g/mol. The van der Waals surface area contributed by atoms with Crippen molar-refractivity contribution in [3.63, 3.8) is 0 Å². The number of nitrogens with one attached hydrogen (secondary N) is 1. The number of rotatable bonds is 1. The predicted molar refractivity (Wildman–Crippen MR) is 48.6 cm³/mol. The monoisotopic (exact) mass is 166 g/mol. The van der Waals surface area contributed by atoms with E-state index in [1.54, 1.807) is 12.4 Å². The van der Waals surface area contributed by atoms with Crippen LogP contribution in [0.1, 0.15) is 13.8 Å². The van der Waals surface area contributed by atoms with Crippen molar-refractivity contribution in [2.24, 2.45) is 0 Å². The summed E-state index contributed by atoms with van der Waals surface area (Å²) in [5, 5.41) is 2.57. The van der Waals surface area contributed by atoms with Gasteiger partial charge >= 0.3 is 0 Å². The standard InChI is InChI=1S/C5H5N.C4H9NO/c1-2-4-6-5-3-1;1-3-5-4(2)6/h1-5H;3H2,1-2H3,(H,5,6). The summed E-state index contributed by atoms with van der Waals surface area (Å²) in [5.41, 5.74) is 0. The second kappa shape index (κ2) is 7.72. The third-order valence-corrected chi connectivity index (χ3v) is 0.992. The molecule has 1 aromatic heterocycles. The van der Waals surface area contributed by atoms with Crippen molar-refractivity contribution < 1.29 is 4.79 Å². The Morgan fingerprint density at radius 3 is 2.00 bits per heavy atom. The molecule has 0 aliphatic carbocycles. The maximum atomic E-state index is 9.93. The predicted octanol–water partition coefficient (Wildman–Crippen LogP) is 1.22. The average molecular weight is 166 g/mol. The zero-order valence-electron chi connectivity index (χ0n) is 7.45. The van der Waals surface area contributed by atoms with Gasteiger partial charge in [0, 0.05) is 25.9 Å². The summed E-state index contributed by atoms with van der Waals surface area (Å²) >= 11 is 0. The van der Waals surface area contributed by atoms with E-state index in [1.807, 2.05) is 25.1 Å². The van der Waals surface area contributed by atoms with E-state index in [-0.39, 0.29) is 5.91 Å². The molecule has 1 aromatic rings. The fraction of sp³-hybridized carbons (Fsp3) is 0.333. The van der Waals surface area contributed by atoms with Crippen molar-refractivity contribution >= 4 is 5.91 Å². The molecule has 0 radical (unpaired) electrons. The van der Waals surface area contributed by atoms with E-state index in [0.717, 1.165) is 6.54 Å². The summed E-state index contributed by atoms with van der Waals surface area (Å²) in [6.07, 6.45) is 3.50. The fourth-order valence-corrected chi connectivity index (χ4v) is 0.562. The maximum Gasteiger partial charge on any atom is 0.216 e. The molecule has 1 amide bonds. The van der Waals surface area contributed by atoms with Crippen molar-refractivity contribution in [1.29, 1.82) is 0 Å². The highest BCUT2D eigenvalue weighted by molar-refractivity contribution is 5.72. The lowest BCUT2D eigenvalue weighted by Gasteiger charge is -1.88. The Labute approximate surface area is 72.8 Å². The number of carbonyl (C=O) groups excluding carboxylic acids is 1. The van der Waals surface area contributed by atoms with Crippen molar-refractivity contribution in [2.45, 2.75) is 13.8 Å². The Hall–Kier alpha value is -1.38. The number of carbonyl (C=O) groups is 1. The second-order valence-electron chi connectivity index (χ2n) is 2.11. The second-order valence-corrected chi connectivity index (χ2v) is 2.11. The molecule has 3 nitrogen and oxygen atoms in total. The molecule has 1 rings (SSSR count). The first-order valence-electron chi connectivity index (χ1n) is 3.86. The van der Waals surface area contributed by atoms with Gasteiger partial charge in [-0.15, -0.1) is 0 Å². The molecule has 0 aliphatic heterocycles. The largest absolute Gasteiger partial charge is 0.357 e. The molecule has 0 aromatic carbocycles. The van der Waals surface area contributed by atoms with Gasteiger partial charge in [0.05, 0.1) is 0 Å². The summed E-state index contributed by atoms with van der Waals surface area (Å²) in [5.74, 6) is 0.0394. The minimum Gasteiger partial charge on any atom is -0.357 e. The Morgan fingerprint density at radius 1 is 1.33 bits per heavy atom. The van der Waals surface area contributed by atoms with Crippen LogP contribution in [0.25, 0.3) is 0 Å². The Balaban J connectivity index is 0.000000202. The van der Waals surface area contributed by atoms with Gasteiger partial charge in [0.2, 0.25) is 5.91 Å². The molecule has 0 saturated heterocycles. The van der Waals surface area contributed by atoms with Crippen molar-refractivity contribution in [1.82, 2.24) is 10.3 Å². The van der Waals surface area contributed by atoms with Crippen LogP contribution in [0.3, 0.4) is 0 Å². The van der Waals surface area contributed by atoms with Gasteiger partial charge < -0.3 is 5.32 Å². The number of aromatic nitrogens is 1. The van der Waals surface area contributed by atoms with E-state index in [2.05, 4.69) is 10.3 Å². The normalized spacial score (nSPS) is 7.83. The number of pyridine rings is 1. The van der Waals surface area contributed by atoms with Gasteiger partial charge in [0.15, 0.2) is 0 Å². The minimum absolute atomic E-state index is 0.0394. The summed E-state index contributed by atoms with van der Waals surface area (Å²) in [6.45, 7) is 4.13. The van der Waals surface area contributed by atoms with Gasteiger partial charge in [-0.2, -0.15) is 0 Å². The Morgan fingerprint density at radius 2 is 1.92 bits per heavy atom. The third kappa shape index (κ3) is 8.62. The van der Waals surface area contributed by atoms with E-state index in [1.165, 1.54) is 6.92 Å². The van der Waals surface area contributed by atoms with Crippen LogP contribution in [0, 0.1) is 0 Å². The molecule has 1 N–H and O–H groups in total. The van der Waals surface area contributed by atoms with Crippen molar-refractivity contribution in [3.05, 3.63) is 30.6 Å². The number of nitrogens with zero attached hydrogens (tertiary/aromatic N) is 1. The van der Waals surface area contributed by atoms with E-state index in [0.29, 0.717) is 0 Å². The van der Waals surface area contributed by atoms with Crippen LogP contribution in [0.5, 0.6) is 0 Å². The molecule has 0 bridgehead atoms. The first-order chi connectivity index (χ1) is 5.77. The van der Waals surface area contributed by atoms with E-state index in [4.69, 9.17) is 0 Å². The van der Waals surface area contributed by atoms with Gasteiger partial charge in [0.25, 0.3) is 0 Å². The molecule has 0 fully saturated rings. The average Bonchev–Trinajstić information content (AvgIpc) is 2.08. The number of hydrogen-bond donors (Lipinski definition) is 1. The van der Waals surface area contributed by atoms with Gasteiger partial charge in [-0.25, -0.2) is 0 Å². The molecule has 1 heterocycles. The summed E-state index contributed by atoms with van der Waals surface area (Å²) < 4.78 is 0. The fourth-order valence-electron chi connectivity index (χ4n) is 0.562. The van der Waals surface area contributed by atoms with Gasteiger partial charge in [-0.05, 0) is 19.1 Å². The molecule has 0 aliphatic rings. The SMILES string of the molecule is CCNC(C)=O.c1ccncc1. The Bertz CT molecular complexity index is 172. The molecular formula is C9H14N2O. The lowest BCUT2D eigenvalue weighted by molar-refractivity contribution is -0.118. The van der Waals surface area contributed by atoms with Crippen LogP contribution < -0.4 is 5.32 Å². The van der Waals surface area contributed by atoms with Gasteiger partial charge in [-0.3, -0.25) is 9.78 Å². The van der Waals surface area contributed by atoms with Gasteiger partial charge in [-0.1, -0.05) is 6.07 Å². The molecule has 0 spiro atoms. The molecule has 0 atom stereocenters. The number of amides is 1. The van der Waals surface area contributed by atoms with Crippen LogP contribution >= 0.6 is 0 Å². The van der Waals surface area contributed by atoms with E-state index < -0.39 is 0 Å². The molecule has 12 heavy (non-hydrogen) atoms. The third-order valence-electron chi connectivity index (χ3n) is 0.992. The lowest BCUT2D eigenvalue weighted by Crippen LogP contribution is -2.18. The summed E-state index contributed by atoms with van der Waals surface area (Å²) in [7, 11) is 0. The zero-order valence-corrected chi connectivity index (χ0v) is 7.45. The molecule has 0 unspecified atom stereocenters. The van der Waals surface area contributed by atoms with Crippen LogP contribution in [0.2, 0.25) is 0 Å². The number of hydrogen-bond acceptors (Lipinski definition) is 2. The van der Waals surface area contributed by atoms with Crippen LogP contribution in [0.4, 0.5) is 0 Å².